The molecule has 0 saturated heterocycles. The van der Waals surface area contributed by atoms with Gasteiger partial charge in [0.2, 0.25) is 11.8 Å². The van der Waals surface area contributed by atoms with Gasteiger partial charge in [-0.2, -0.15) is 0 Å². The van der Waals surface area contributed by atoms with E-state index in [1.807, 2.05) is 96.1 Å². The first-order valence-electron chi connectivity index (χ1n) is 12.2. The van der Waals surface area contributed by atoms with E-state index in [0.29, 0.717) is 6.54 Å². The first kappa shape index (κ1) is 22.8. The molecule has 6 nitrogen and oxygen atoms in total. The van der Waals surface area contributed by atoms with Crippen molar-refractivity contribution in [3.8, 4) is 0 Å². The lowest BCUT2D eigenvalue weighted by molar-refractivity contribution is -0.142. The zero-order valence-corrected chi connectivity index (χ0v) is 20.4. The molecule has 0 unspecified atom stereocenters. The highest BCUT2D eigenvalue weighted by Gasteiger charge is 2.40. The zero-order valence-electron chi connectivity index (χ0n) is 20.4. The van der Waals surface area contributed by atoms with E-state index < -0.39 is 6.04 Å². The Morgan fingerprint density at radius 3 is 2.51 bits per heavy atom. The van der Waals surface area contributed by atoms with E-state index in [9.17, 15) is 9.59 Å². The summed E-state index contributed by atoms with van der Waals surface area (Å²) in [6.45, 7) is 6.54. The van der Waals surface area contributed by atoms with Crippen molar-refractivity contribution in [1.82, 2.24) is 14.5 Å². The van der Waals surface area contributed by atoms with E-state index >= 15 is 0 Å². The second-order valence-electron chi connectivity index (χ2n) is 9.19. The normalized spacial score (nSPS) is 17.5. The van der Waals surface area contributed by atoms with Crippen molar-refractivity contribution in [2.45, 2.75) is 52.2 Å². The van der Waals surface area contributed by atoms with E-state index in [0.717, 1.165) is 45.7 Å². The van der Waals surface area contributed by atoms with Crippen LogP contribution in [-0.2, 0) is 22.6 Å². The molecular weight excluding hydrogens is 436 g/mol. The van der Waals surface area contributed by atoms with Gasteiger partial charge >= 0.3 is 0 Å². The van der Waals surface area contributed by atoms with Crippen LogP contribution in [0.2, 0.25) is 0 Å². The standard InChI is InChI=1S/C29H30N4O2/c1-4-22-14-10-11-19(2)27(22)31-26(34)17-25-29(35)32(18-21-12-6-5-7-13-21)20(3)28-30-23-15-8-9-16-24(23)33(25)28/h5-16,20,25H,4,17-18H2,1-3H3,(H,31,34)/t20-,25-/m1/s1. The molecule has 1 aliphatic rings. The number of carbonyl (C=O) groups excluding carboxylic acids is 2. The number of nitrogens with zero attached hydrogens (tertiary/aromatic N) is 3. The van der Waals surface area contributed by atoms with E-state index in [2.05, 4.69) is 12.2 Å². The third-order valence-electron chi connectivity index (χ3n) is 6.92. The maximum atomic E-state index is 13.9. The van der Waals surface area contributed by atoms with Crippen LogP contribution in [0.1, 0.15) is 54.9 Å². The van der Waals surface area contributed by atoms with Crippen molar-refractivity contribution < 1.29 is 9.59 Å². The van der Waals surface area contributed by atoms with E-state index in [1.54, 1.807) is 0 Å². The van der Waals surface area contributed by atoms with Crippen LogP contribution < -0.4 is 5.32 Å². The minimum atomic E-state index is -0.661. The summed E-state index contributed by atoms with van der Waals surface area (Å²) >= 11 is 0. The molecule has 2 atom stereocenters. The van der Waals surface area contributed by atoms with Crippen molar-refractivity contribution in [3.63, 3.8) is 0 Å². The number of fused-ring (bicyclic) bond motifs is 3. The molecule has 1 N–H and O–H groups in total. The minimum Gasteiger partial charge on any atom is -0.327 e. The Labute approximate surface area is 205 Å². The first-order valence-corrected chi connectivity index (χ1v) is 12.2. The number of aryl methyl sites for hydroxylation is 2. The van der Waals surface area contributed by atoms with Gasteiger partial charge in [-0.3, -0.25) is 9.59 Å². The Hall–Kier alpha value is -3.93. The van der Waals surface area contributed by atoms with Crippen LogP contribution in [0, 0.1) is 6.92 Å². The number of para-hydroxylation sites is 3. The number of rotatable bonds is 6. The number of carbonyl (C=O) groups is 2. The summed E-state index contributed by atoms with van der Waals surface area (Å²) in [4.78, 5) is 34.0. The Balaban J connectivity index is 1.52. The predicted octanol–water partition coefficient (Wildman–Crippen LogP) is 5.58. The largest absolute Gasteiger partial charge is 0.327 e. The van der Waals surface area contributed by atoms with Gasteiger partial charge in [0.1, 0.15) is 11.9 Å². The second-order valence-corrected chi connectivity index (χ2v) is 9.19. The lowest BCUT2D eigenvalue weighted by Gasteiger charge is -2.38. The molecule has 0 radical (unpaired) electrons. The fraction of sp³-hybridized carbons (Fsp3) is 0.276. The quantitative estimate of drug-likeness (QED) is 0.403. The number of anilines is 1. The fourth-order valence-electron chi connectivity index (χ4n) is 5.06. The summed E-state index contributed by atoms with van der Waals surface area (Å²) < 4.78 is 1.97. The molecule has 3 aromatic carbocycles. The highest BCUT2D eigenvalue weighted by Crippen LogP contribution is 2.37. The van der Waals surface area contributed by atoms with Crippen molar-refractivity contribution >= 4 is 28.5 Å². The number of hydrogen-bond donors (Lipinski definition) is 1. The molecule has 0 aliphatic carbocycles. The lowest BCUT2D eigenvalue weighted by Crippen LogP contribution is -2.45. The van der Waals surface area contributed by atoms with Gasteiger partial charge in [0.25, 0.3) is 0 Å². The van der Waals surface area contributed by atoms with E-state index in [1.165, 1.54) is 0 Å². The molecule has 1 aliphatic heterocycles. The monoisotopic (exact) mass is 466 g/mol. The fourth-order valence-corrected chi connectivity index (χ4v) is 5.06. The van der Waals surface area contributed by atoms with Crippen LogP contribution in [0.25, 0.3) is 11.0 Å². The molecule has 2 amide bonds. The van der Waals surface area contributed by atoms with Crippen LogP contribution in [0.4, 0.5) is 5.69 Å². The molecule has 4 aromatic rings. The van der Waals surface area contributed by atoms with Gasteiger partial charge in [-0.15, -0.1) is 0 Å². The highest BCUT2D eigenvalue weighted by molar-refractivity contribution is 5.97. The van der Waals surface area contributed by atoms with Crippen LogP contribution in [0.5, 0.6) is 0 Å². The molecular formula is C29H30N4O2. The topological polar surface area (TPSA) is 67.2 Å². The summed E-state index contributed by atoms with van der Waals surface area (Å²) in [5, 5.41) is 3.10. The van der Waals surface area contributed by atoms with Crippen LogP contribution in [0.3, 0.4) is 0 Å². The van der Waals surface area contributed by atoms with Crippen molar-refractivity contribution in [2.75, 3.05) is 5.32 Å². The van der Waals surface area contributed by atoms with Gasteiger partial charge in [-0.1, -0.05) is 67.6 Å². The van der Waals surface area contributed by atoms with E-state index in [4.69, 9.17) is 4.98 Å². The van der Waals surface area contributed by atoms with Gasteiger partial charge in [-0.25, -0.2) is 4.98 Å². The zero-order chi connectivity index (χ0) is 24.5. The minimum absolute atomic E-state index is 0.0433. The third kappa shape index (κ3) is 4.20. The summed E-state index contributed by atoms with van der Waals surface area (Å²) in [6.07, 6.45) is 0.861. The summed E-state index contributed by atoms with van der Waals surface area (Å²) in [7, 11) is 0. The molecule has 0 spiro atoms. The SMILES string of the molecule is CCc1cccc(C)c1NC(=O)C[C@@H]1C(=O)N(Cc2ccccc2)[C@H](C)c2nc3ccccc3n21. The van der Waals surface area contributed by atoms with Gasteiger partial charge in [0.15, 0.2) is 0 Å². The van der Waals surface area contributed by atoms with E-state index in [-0.39, 0.29) is 24.3 Å². The highest BCUT2D eigenvalue weighted by atomic mass is 16.2. The number of nitrogens with one attached hydrogen (secondary N) is 1. The number of imidazole rings is 1. The average molecular weight is 467 g/mol. The average Bonchev–Trinajstić information content (AvgIpc) is 3.26. The van der Waals surface area contributed by atoms with Crippen molar-refractivity contribution in [3.05, 3.63) is 95.3 Å². The molecule has 0 saturated carbocycles. The Kier molecular flexibility index (Phi) is 6.12. The molecule has 0 bridgehead atoms. The predicted molar refractivity (Wildman–Crippen MR) is 138 cm³/mol. The summed E-state index contributed by atoms with van der Waals surface area (Å²) in [5.74, 6) is 0.572. The number of hydrogen-bond acceptors (Lipinski definition) is 3. The molecule has 5 rings (SSSR count). The molecule has 1 aromatic heterocycles. The number of benzene rings is 3. The summed E-state index contributed by atoms with van der Waals surface area (Å²) in [6, 6.07) is 22.9. The Bertz CT molecular complexity index is 1390. The summed E-state index contributed by atoms with van der Waals surface area (Å²) in [5.41, 5.74) is 5.70. The maximum Gasteiger partial charge on any atom is 0.247 e. The van der Waals surface area contributed by atoms with Crippen molar-refractivity contribution in [1.29, 1.82) is 0 Å². The van der Waals surface area contributed by atoms with Crippen LogP contribution >= 0.6 is 0 Å². The lowest BCUT2D eigenvalue weighted by atomic mass is 10.0. The van der Waals surface area contributed by atoms with Crippen LogP contribution in [0.15, 0.2) is 72.8 Å². The molecule has 2 heterocycles. The van der Waals surface area contributed by atoms with Crippen LogP contribution in [-0.4, -0.2) is 26.3 Å². The molecule has 6 heteroatoms. The third-order valence-corrected chi connectivity index (χ3v) is 6.92. The Morgan fingerprint density at radius 1 is 1.00 bits per heavy atom. The molecule has 178 valence electrons. The number of aromatic nitrogens is 2. The number of amides is 2. The molecule has 35 heavy (non-hydrogen) atoms. The molecule has 0 fully saturated rings. The second kappa shape index (κ2) is 9.37. The van der Waals surface area contributed by atoms with Gasteiger partial charge in [0.05, 0.1) is 23.5 Å². The maximum absolute atomic E-state index is 13.9. The van der Waals surface area contributed by atoms with Crippen molar-refractivity contribution in [2.24, 2.45) is 0 Å². The van der Waals surface area contributed by atoms with Gasteiger partial charge in [-0.05, 0) is 49.1 Å². The van der Waals surface area contributed by atoms with Gasteiger partial charge < -0.3 is 14.8 Å². The van der Waals surface area contributed by atoms with Gasteiger partial charge in [0, 0.05) is 12.2 Å². The smallest absolute Gasteiger partial charge is 0.247 e. The first-order chi connectivity index (χ1) is 17.0. The Morgan fingerprint density at radius 2 is 1.74 bits per heavy atom.